The summed E-state index contributed by atoms with van der Waals surface area (Å²) in [4.78, 5) is 26.0. The maximum atomic E-state index is 14.2. The summed E-state index contributed by atoms with van der Waals surface area (Å²) < 4.78 is 66.2. The molecule has 0 fully saturated rings. The Morgan fingerprint density at radius 1 is 1.21 bits per heavy atom. The molecular formula is C25H26F4IN5O4. The lowest BCUT2D eigenvalue weighted by atomic mass is 10.1. The van der Waals surface area contributed by atoms with Crippen LogP contribution in [0.5, 0.6) is 0 Å². The number of urea groups is 1. The molecule has 0 aliphatic carbocycles. The van der Waals surface area contributed by atoms with E-state index in [0.717, 1.165) is 4.90 Å². The second-order valence-electron chi connectivity index (χ2n) is 8.51. The van der Waals surface area contributed by atoms with Crippen LogP contribution in [0.25, 0.3) is 11.3 Å². The number of hydrogen-bond donors (Lipinski definition) is 3. The number of aromatic nitrogens is 1. The van der Waals surface area contributed by atoms with Gasteiger partial charge < -0.3 is 25.2 Å². The van der Waals surface area contributed by atoms with E-state index < -0.39 is 55.3 Å². The van der Waals surface area contributed by atoms with Gasteiger partial charge in [0.25, 0.3) is 5.92 Å². The van der Waals surface area contributed by atoms with E-state index in [2.05, 4.69) is 15.8 Å². The van der Waals surface area contributed by atoms with Crippen molar-refractivity contribution in [3.05, 3.63) is 71.3 Å². The third kappa shape index (κ3) is 8.54. The minimum absolute atomic E-state index is 0.0419. The van der Waals surface area contributed by atoms with Gasteiger partial charge in [-0.05, 0) is 23.8 Å². The highest BCUT2D eigenvalue weighted by molar-refractivity contribution is 14.1. The molecule has 1 atom stereocenters. The van der Waals surface area contributed by atoms with Gasteiger partial charge in [-0.25, -0.2) is 27.2 Å². The van der Waals surface area contributed by atoms with Crippen molar-refractivity contribution in [1.82, 2.24) is 15.4 Å². The Bertz CT molecular complexity index is 1290. The molecule has 0 bridgehead atoms. The Morgan fingerprint density at radius 2 is 1.95 bits per heavy atom. The van der Waals surface area contributed by atoms with Gasteiger partial charge in [0, 0.05) is 41.6 Å². The van der Waals surface area contributed by atoms with Crippen molar-refractivity contribution in [3.8, 4) is 11.3 Å². The van der Waals surface area contributed by atoms with Crippen molar-refractivity contribution in [2.75, 3.05) is 25.5 Å². The normalized spacial score (nSPS) is 12.1. The van der Waals surface area contributed by atoms with Crippen LogP contribution in [0, 0.1) is 11.6 Å². The molecule has 9 nitrogen and oxygen atoms in total. The number of carbonyl (C=O) groups is 2. The van der Waals surface area contributed by atoms with Crippen molar-refractivity contribution in [2.45, 2.75) is 29.4 Å². The molecule has 0 radical (unpaired) electrons. The SMILES string of the molecule is CN(C(=O)NCc1cccc(F)c1CI)[C@H](COC(=O)Nc1cc(-c2cccc(F)c2)no1)CC(F)(F)CN. The van der Waals surface area contributed by atoms with Crippen LogP contribution in [-0.4, -0.2) is 54.3 Å². The van der Waals surface area contributed by atoms with Gasteiger partial charge in [0.2, 0.25) is 5.88 Å². The van der Waals surface area contributed by atoms with Crippen LogP contribution in [-0.2, 0) is 15.7 Å². The highest BCUT2D eigenvalue weighted by Crippen LogP contribution is 2.24. The van der Waals surface area contributed by atoms with E-state index in [9.17, 15) is 27.2 Å². The fourth-order valence-corrected chi connectivity index (χ4v) is 4.40. The molecule has 210 valence electrons. The van der Waals surface area contributed by atoms with Crippen LogP contribution in [0.15, 0.2) is 53.1 Å². The zero-order chi connectivity index (χ0) is 28.6. The highest BCUT2D eigenvalue weighted by atomic mass is 127. The standard InChI is InChI=1S/C25H26F4IN5O4/c1-35(23(36)32-12-16-5-3-7-20(27)19(16)11-30)18(10-25(28,29)14-31)13-38-24(37)33-22-9-21(34-39-22)15-4-2-6-17(26)8-15/h2-9,18H,10-14,31H2,1H3,(H,32,36)(H,33,37)/t18-/m0/s1. The summed E-state index contributed by atoms with van der Waals surface area (Å²) in [5.41, 5.74) is 6.76. The van der Waals surface area contributed by atoms with Crippen LogP contribution in [0.1, 0.15) is 17.5 Å². The van der Waals surface area contributed by atoms with Gasteiger partial charge in [0.05, 0.1) is 12.6 Å². The fraction of sp³-hybridized carbons (Fsp3) is 0.320. The molecule has 14 heteroatoms. The number of likely N-dealkylation sites (N-methyl/N-ethyl adjacent to an activating group) is 1. The van der Waals surface area contributed by atoms with E-state index in [1.54, 1.807) is 12.1 Å². The molecule has 0 aliphatic heterocycles. The lowest BCUT2D eigenvalue weighted by Gasteiger charge is -2.30. The van der Waals surface area contributed by atoms with Crippen molar-refractivity contribution in [2.24, 2.45) is 5.73 Å². The summed E-state index contributed by atoms with van der Waals surface area (Å²) >= 11 is 2.00. The maximum absolute atomic E-state index is 14.2. The molecule has 3 amide bonds. The molecule has 1 aromatic heterocycles. The van der Waals surface area contributed by atoms with Crippen LogP contribution in [0.3, 0.4) is 0 Å². The van der Waals surface area contributed by atoms with Crippen molar-refractivity contribution < 1.29 is 36.4 Å². The fourth-order valence-electron chi connectivity index (χ4n) is 3.54. The number of carbonyl (C=O) groups excluding carboxylic acids is 2. The van der Waals surface area contributed by atoms with Crippen molar-refractivity contribution in [3.63, 3.8) is 0 Å². The number of nitrogens with zero attached hydrogens (tertiary/aromatic N) is 2. The van der Waals surface area contributed by atoms with Gasteiger partial charge >= 0.3 is 12.1 Å². The number of ether oxygens (including phenoxy) is 1. The molecule has 1 heterocycles. The Balaban J connectivity index is 1.62. The number of nitrogens with one attached hydrogen (secondary N) is 2. The van der Waals surface area contributed by atoms with Gasteiger partial charge in [-0.1, -0.05) is 52.0 Å². The Hall–Kier alpha value is -3.40. The van der Waals surface area contributed by atoms with Gasteiger partial charge in [-0.15, -0.1) is 0 Å². The van der Waals surface area contributed by atoms with Crippen LogP contribution < -0.4 is 16.4 Å². The summed E-state index contributed by atoms with van der Waals surface area (Å²) in [5, 5.41) is 8.57. The second-order valence-corrected chi connectivity index (χ2v) is 9.27. The quantitative estimate of drug-likeness (QED) is 0.146. The molecule has 3 rings (SSSR count). The predicted molar refractivity (Wildman–Crippen MR) is 143 cm³/mol. The monoisotopic (exact) mass is 663 g/mol. The van der Waals surface area contributed by atoms with Gasteiger partial charge in [-0.3, -0.25) is 5.32 Å². The zero-order valence-corrected chi connectivity index (χ0v) is 22.9. The number of benzene rings is 2. The topological polar surface area (TPSA) is 123 Å². The molecular weight excluding hydrogens is 637 g/mol. The van der Waals surface area contributed by atoms with E-state index in [1.165, 1.54) is 43.4 Å². The van der Waals surface area contributed by atoms with E-state index in [-0.39, 0.29) is 18.1 Å². The molecule has 39 heavy (non-hydrogen) atoms. The minimum Gasteiger partial charge on any atom is -0.447 e. The van der Waals surface area contributed by atoms with Crippen molar-refractivity contribution >= 4 is 40.6 Å². The first-order chi connectivity index (χ1) is 18.5. The number of nitrogens with two attached hydrogens (primary N) is 1. The lowest BCUT2D eigenvalue weighted by molar-refractivity contribution is -0.0260. The van der Waals surface area contributed by atoms with E-state index in [1.807, 2.05) is 22.6 Å². The predicted octanol–water partition coefficient (Wildman–Crippen LogP) is 5.30. The Labute approximate surface area is 235 Å². The van der Waals surface area contributed by atoms with Gasteiger partial charge in [0.15, 0.2) is 0 Å². The maximum Gasteiger partial charge on any atom is 0.414 e. The smallest absolute Gasteiger partial charge is 0.414 e. The number of anilines is 1. The minimum atomic E-state index is -3.35. The first-order valence-corrected chi connectivity index (χ1v) is 13.1. The number of halogens is 5. The average molecular weight is 663 g/mol. The summed E-state index contributed by atoms with van der Waals surface area (Å²) in [5.74, 6) is -4.38. The molecule has 0 spiro atoms. The van der Waals surface area contributed by atoms with E-state index in [0.29, 0.717) is 21.1 Å². The third-order valence-electron chi connectivity index (χ3n) is 5.74. The van der Waals surface area contributed by atoms with E-state index in [4.69, 9.17) is 15.0 Å². The highest BCUT2D eigenvalue weighted by Gasteiger charge is 2.35. The summed E-state index contributed by atoms with van der Waals surface area (Å²) in [6.45, 7) is -1.62. The number of rotatable bonds is 11. The number of amides is 3. The van der Waals surface area contributed by atoms with Gasteiger partial charge in [0.1, 0.15) is 23.9 Å². The third-order valence-corrected chi connectivity index (χ3v) is 6.51. The molecule has 4 N–H and O–H groups in total. The first-order valence-electron chi connectivity index (χ1n) is 11.6. The number of alkyl halides is 3. The van der Waals surface area contributed by atoms with E-state index >= 15 is 0 Å². The lowest BCUT2D eigenvalue weighted by Crippen LogP contribution is -2.49. The number of hydrogen-bond acceptors (Lipinski definition) is 6. The Morgan fingerprint density at radius 3 is 2.64 bits per heavy atom. The second kappa shape index (κ2) is 13.6. The zero-order valence-electron chi connectivity index (χ0n) is 20.7. The summed E-state index contributed by atoms with van der Waals surface area (Å²) in [6, 6.07) is 9.32. The molecule has 0 unspecified atom stereocenters. The average Bonchev–Trinajstić information content (AvgIpc) is 3.37. The first kappa shape index (κ1) is 30.1. The summed E-state index contributed by atoms with van der Waals surface area (Å²) in [6.07, 6.45) is -1.94. The molecule has 2 aromatic carbocycles. The van der Waals surface area contributed by atoms with Crippen molar-refractivity contribution in [1.29, 1.82) is 0 Å². The van der Waals surface area contributed by atoms with Crippen LogP contribution in [0.2, 0.25) is 0 Å². The molecule has 0 saturated heterocycles. The van der Waals surface area contributed by atoms with Crippen LogP contribution >= 0.6 is 22.6 Å². The molecule has 0 aliphatic rings. The Kier molecular flexibility index (Phi) is 10.5. The summed E-state index contributed by atoms with van der Waals surface area (Å²) in [7, 11) is 1.26. The molecule has 0 saturated carbocycles. The largest absolute Gasteiger partial charge is 0.447 e. The molecule has 3 aromatic rings. The van der Waals surface area contributed by atoms with Crippen LogP contribution in [0.4, 0.5) is 33.0 Å². The van der Waals surface area contributed by atoms with Gasteiger partial charge in [-0.2, -0.15) is 0 Å².